The van der Waals surface area contributed by atoms with Crippen molar-refractivity contribution in [3.05, 3.63) is 99.9 Å². The number of thiophene rings is 2. The normalized spacial score (nSPS) is 12.6. The summed E-state index contributed by atoms with van der Waals surface area (Å²) in [6.45, 7) is 25.7. The smallest absolute Gasteiger partial charge is 0.164 e. The van der Waals surface area contributed by atoms with Crippen molar-refractivity contribution in [2.45, 2.75) is 121 Å². The molecule has 1 radical (unpaired) electrons. The summed E-state index contributed by atoms with van der Waals surface area (Å²) in [6.07, 6.45) is 5.89. The molecule has 1 N–H and O–H groups in total. The molecule has 3 nitrogen and oxygen atoms in total. The van der Waals surface area contributed by atoms with Crippen molar-refractivity contribution in [1.82, 2.24) is 4.98 Å². The van der Waals surface area contributed by atoms with Crippen LogP contribution in [-0.2, 0) is 36.7 Å². The minimum atomic E-state index is -0.337. The zero-order valence-corrected chi connectivity index (χ0v) is 39.0. The molecule has 6 heteroatoms. The third-order valence-electron chi connectivity index (χ3n) is 11.6. The zero-order valence-electron chi connectivity index (χ0n) is 35.0. The molecular formula is C49H60IrNO2S2-. The molecule has 55 heavy (non-hydrogen) atoms. The van der Waals surface area contributed by atoms with Gasteiger partial charge in [0.25, 0.3) is 0 Å². The summed E-state index contributed by atoms with van der Waals surface area (Å²) in [5.41, 5.74) is 6.40. The summed E-state index contributed by atoms with van der Waals surface area (Å²) in [6, 6.07) is 28.4. The maximum Gasteiger partial charge on any atom is 0.164 e. The number of hydrogen-bond acceptors (Lipinski definition) is 5. The topological polar surface area (TPSA) is 50.2 Å². The number of nitrogens with zero attached hydrogens (tertiary/aromatic N) is 1. The summed E-state index contributed by atoms with van der Waals surface area (Å²) in [4.78, 5) is 20.1. The maximum atomic E-state index is 12.2. The van der Waals surface area contributed by atoms with Crippen LogP contribution in [0.4, 0.5) is 0 Å². The van der Waals surface area contributed by atoms with Gasteiger partial charge in [0, 0.05) is 57.2 Å². The molecule has 3 heterocycles. The summed E-state index contributed by atoms with van der Waals surface area (Å²) < 4.78 is 2.62. The van der Waals surface area contributed by atoms with Crippen LogP contribution in [0.1, 0.15) is 117 Å². The van der Waals surface area contributed by atoms with Crippen LogP contribution in [0.3, 0.4) is 0 Å². The number of aromatic nitrogens is 1. The maximum absolute atomic E-state index is 12.2. The molecule has 0 amide bonds. The van der Waals surface area contributed by atoms with Gasteiger partial charge in [0.15, 0.2) is 5.78 Å². The number of benzene rings is 3. The molecule has 0 bridgehead atoms. The van der Waals surface area contributed by atoms with E-state index in [9.17, 15) is 9.90 Å². The van der Waals surface area contributed by atoms with E-state index in [0.29, 0.717) is 5.92 Å². The third-order valence-corrected chi connectivity index (χ3v) is 13.7. The largest absolute Gasteiger partial charge is 0.512 e. The Hall–Kier alpha value is -3.15. The van der Waals surface area contributed by atoms with Crippen LogP contribution in [-0.4, -0.2) is 15.9 Å². The summed E-state index contributed by atoms with van der Waals surface area (Å²) in [5.74, 6) is 0.953. The minimum absolute atomic E-state index is 0. The third kappa shape index (κ3) is 9.87. The standard InChI is InChI=1S/C34H32NS2.C15H28O2.Ir/c1-20(2)13-26-16-24-12-11-23(18-32(24)37-26)28-19-30(35-31-14-21(3)36-33(28)31)25-15-22-9-7-8-10-27(22)29(17-25)34(4,5)6;1-7-14(5,8-2)12(16)11-13(17)15(6,9-3)10-4;/h7-12,14,16-20H,13H2,1-6H3;11,16H,7-10H2,1-6H3;/q-1;;/b;12-11-;. The van der Waals surface area contributed by atoms with Crippen LogP contribution in [0.25, 0.3) is 53.5 Å². The van der Waals surface area contributed by atoms with Gasteiger partial charge < -0.3 is 5.11 Å². The Kier molecular flexibility index (Phi) is 14.6. The number of aliphatic hydroxyl groups is 1. The van der Waals surface area contributed by atoms with Gasteiger partial charge in [-0.15, -0.1) is 51.8 Å². The van der Waals surface area contributed by atoms with Gasteiger partial charge in [0.1, 0.15) is 5.76 Å². The average molecular weight is 951 g/mol. The Balaban J connectivity index is 0.000000320. The molecule has 0 atom stereocenters. The first-order chi connectivity index (χ1) is 25.4. The first-order valence-corrected chi connectivity index (χ1v) is 21.4. The number of rotatable bonds is 11. The Morgan fingerprint density at radius 3 is 2.13 bits per heavy atom. The number of aliphatic hydroxyl groups excluding tert-OH is 1. The Morgan fingerprint density at radius 1 is 0.855 bits per heavy atom. The number of pyridine rings is 1. The van der Waals surface area contributed by atoms with Crippen molar-refractivity contribution >= 4 is 59.5 Å². The SMILES string of the molecule is CCC(C)(CC)C(=O)/C=C(\O)C(C)(CC)CC.Cc1cc2nc(-c3[c-]c4ccccc4c(C(C)(C)C)c3)cc(-c3ccc4cc(CC(C)C)sc4c3)c2s1.[Ir]. The fourth-order valence-electron chi connectivity index (χ4n) is 6.92. The first-order valence-electron chi connectivity index (χ1n) is 19.8. The fourth-order valence-corrected chi connectivity index (χ4v) is 9.23. The molecule has 0 aliphatic heterocycles. The van der Waals surface area contributed by atoms with Gasteiger partial charge >= 0.3 is 0 Å². The summed E-state index contributed by atoms with van der Waals surface area (Å²) in [7, 11) is 0. The van der Waals surface area contributed by atoms with Gasteiger partial charge in [-0.2, -0.15) is 0 Å². The van der Waals surface area contributed by atoms with Gasteiger partial charge in [-0.1, -0.05) is 124 Å². The molecule has 6 rings (SSSR count). The molecule has 3 aromatic carbocycles. The predicted octanol–water partition coefficient (Wildman–Crippen LogP) is 15.3. The fraction of sp³-hybridized carbons (Fsp3) is 0.429. The van der Waals surface area contributed by atoms with Crippen molar-refractivity contribution in [3.8, 4) is 22.4 Å². The van der Waals surface area contributed by atoms with E-state index in [4.69, 9.17) is 4.98 Å². The number of allylic oxidation sites excluding steroid dienone is 2. The van der Waals surface area contributed by atoms with Crippen molar-refractivity contribution in [2.24, 2.45) is 16.7 Å². The molecule has 0 spiro atoms. The van der Waals surface area contributed by atoms with E-state index in [-0.39, 0.29) is 47.9 Å². The van der Waals surface area contributed by atoms with Crippen LogP contribution < -0.4 is 0 Å². The van der Waals surface area contributed by atoms with Crippen molar-refractivity contribution in [3.63, 3.8) is 0 Å². The Bertz CT molecular complexity index is 2290. The summed E-state index contributed by atoms with van der Waals surface area (Å²) >= 11 is 3.77. The Morgan fingerprint density at radius 2 is 1.51 bits per heavy atom. The summed E-state index contributed by atoms with van der Waals surface area (Å²) in [5, 5.41) is 13.9. The average Bonchev–Trinajstić information content (AvgIpc) is 3.73. The van der Waals surface area contributed by atoms with E-state index in [1.165, 1.54) is 52.7 Å². The van der Waals surface area contributed by atoms with Crippen LogP contribution in [0.5, 0.6) is 0 Å². The van der Waals surface area contributed by atoms with Crippen molar-refractivity contribution in [1.29, 1.82) is 0 Å². The van der Waals surface area contributed by atoms with Crippen molar-refractivity contribution < 1.29 is 30.0 Å². The molecule has 295 valence electrons. The first kappa shape index (κ1) is 44.6. The minimum Gasteiger partial charge on any atom is -0.512 e. The second-order valence-electron chi connectivity index (χ2n) is 17.0. The Labute approximate surface area is 352 Å². The van der Waals surface area contributed by atoms with Crippen LogP contribution in [0.15, 0.2) is 78.6 Å². The predicted molar refractivity (Wildman–Crippen MR) is 237 cm³/mol. The van der Waals surface area contributed by atoms with Gasteiger partial charge in [0.05, 0.1) is 10.2 Å². The molecule has 0 saturated heterocycles. The molecule has 0 aliphatic carbocycles. The van der Waals surface area contributed by atoms with Gasteiger partial charge in [-0.05, 0) is 85.1 Å². The van der Waals surface area contributed by atoms with E-state index in [1.807, 2.05) is 64.2 Å². The van der Waals surface area contributed by atoms with Gasteiger partial charge in [-0.25, -0.2) is 0 Å². The van der Waals surface area contributed by atoms with E-state index < -0.39 is 0 Å². The van der Waals surface area contributed by atoms with Gasteiger partial charge in [-0.3, -0.25) is 9.78 Å². The number of ketones is 1. The second-order valence-corrected chi connectivity index (χ2v) is 19.4. The monoisotopic (exact) mass is 951 g/mol. The number of hydrogen-bond donors (Lipinski definition) is 1. The number of carbonyl (C=O) groups is 1. The molecule has 6 aromatic rings. The van der Waals surface area contributed by atoms with E-state index >= 15 is 0 Å². The van der Waals surface area contributed by atoms with E-state index in [1.54, 1.807) is 0 Å². The second kappa shape index (κ2) is 18.0. The molecule has 3 aromatic heterocycles. The van der Waals surface area contributed by atoms with Gasteiger partial charge in [0.2, 0.25) is 0 Å². The molecular weight excluding hydrogens is 891 g/mol. The van der Waals surface area contributed by atoms with E-state index in [0.717, 1.165) is 54.3 Å². The van der Waals surface area contributed by atoms with Crippen LogP contribution >= 0.6 is 22.7 Å². The molecule has 0 fully saturated rings. The molecule has 0 saturated carbocycles. The van der Waals surface area contributed by atoms with Crippen LogP contribution in [0.2, 0.25) is 0 Å². The number of fused-ring (bicyclic) bond motifs is 3. The van der Waals surface area contributed by atoms with E-state index in [2.05, 4.69) is 114 Å². The van der Waals surface area contributed by atoms with Crippen molar-refractivity contribution in [2.75, 3.05) is 0 Å². The zero-order chi connectivity index (χ0) is 39.6. The quantitative estimate of drug-likeness (QED) is 0.0800. The molecule has 0 unspecified atom stereocenters. The van der Waals surface area contributed by atoms with Crippen LogP contribution in [0, 0.1) is 29.7 Å². The molecule has 0 aliphatic rings. The number of aryl methyl sites for hydroxylation is 1. The number of carbonyl (C=O) groups excluding carboxylic acids is 1.